The van der Waals surface area contributed by atoms with Crippen LogP contribution in [0.2, 0.25) is 0 Å². The zero-order chi connectivity index (χ0) is 9.03. The summed E-state index contributed by atoms with van der Waals surface area (Å²) in [4.78, 5) is 0. The fraction of sp³-hybridized carbons (Fsp3) is 1.00. The van der Waals surface area contributed by atoms with E-state index < -0.39 is 0 Å². The van der Waals surface area contributed by atoms with E-state index in [1.165, 1.54) is 32.1 Å². The second-order valence-electron chi connectivity index (χ2n) is 4.80. The summed E-state index contributed by atoms with van der Waals surface area (Å²) in [7, 11) is 0. The molecule has 0 heterocycles. The Bertz CT molecular complexity index is 129. The van der Waals surface area contributed by atoms with Crippen LogP contribution in [0.15, 0.2) is 0 Å². The zero-order valence-corrected chi connectivity index (χ0v) is 8.47. The van der Waals surface area contributed by atoms with Gasteiger partial charge in [0.2, 0.25) is 0 Å². The first-order valence-electron chi connectivity index (χ1n) is 5.27. The van der Waals surface area contributed by atoms with Gasteiger partial charge in [0, 0.05) is 6.61 Å². The minimum atomic E-state index is 0.368. The molecule has 1 heteroatoms. The molecule has 1 saturated carbocycles. The van der Waals surface area contributed by atoms with Crippen LogP contribution in [0.3, 0.4) is 0 Å². The van der Waals surface area contributed by atoms with E-state index in [-0.39, 0.29) is 0 Å². The summed E-state index contributed by atoms with van der Waals surface area (Å²) in [5.74, 6) is 0.860. The van der Waals surface area contributed by atoms with Crippen LogP contribution in [0.4, 0.5) is 0 Å². The fourth-order valence-electron chi connectivity index (χ4n) is 2.44. The number of aliphatic hydroxyl groups excluding tert-OH is 1. The molecule has 1 N–H and O–H groups in total. The van der Waals surface area contributed by atoms with Gasteiger partial charge in [0.25, 0.3) is 0 Å². The summed E-state index contributed by atoms with van der Waals surface area (Å²) in [6, 6.07) is 0. The van der Waals surface area contributed by atoms with Crippen molar-refractivity contribution in [3.8, 4) is 0 Å². The van der Waals surface area contributed by atoms with Gasteiger partial charge >= 0.3 is 0 Å². The molecule has 1 atom stereocenters. The lowest BCUT2D eigenvalue weighted by Gasteiger charge is -2.38. The Hall–Kier alpha value is -0.0400. The van der Waals surface area contributed by atoms with Crippen LogP contribution >= 0.6 is 0 Å². The Morgan fingerprint density at radius 1 is 1.33 bits per heavy atom. The van der Waals surface area contributed by atoms with Crippen molar-refractivity contribution in [2.24, 2.45) is 11.3 Å². The Balaban J connectivity index is 2.37. The van der Waals surface area contributed by atoms with Gasteiger partial charge in [0.05, 0.1) is 0 Å². The normalized spacial score (nSPS) is 28.8. The Morgan fingerprint density at radius 3 is 2.67 bits per heavy atom. The minimum Gasteiger partial charge on any atom is -0.396 e. The molecule has 1 fully saturated rings. The fourth-order valence-corrected chi connectivity index (χ4v) is 2.44. The van der Waals surface area contributed by atoms with Crippen molar-refractivity contribution in [1.82, 2.24) is 0 Å². The standard InChI is InChI=1S/C11H22O/c1-11(2)8-4-3-6-10(11)7-5-9-12/h10,12H,3-9H2,1-2H3/t10-/m1/s1. The highest BCUT2D eigenvalue weighted by Gasteiger charge is 2.31. The lowest BCUT2D eigenvalue weighted by Crippen LogP contribution is -2.27. The van der Waals surface area contributed by atoms with E-state index in [0.29, 0.717) is 12.0 Å². The van der Waals surface area contributed by atoms with Gasteiger partial charge in [0.15, 0.2) is 0 Å². The summed E-state index contributed by atoms with van der Waals surface area (Å²) in [5.41, 5.74) is 0.535. The van der Waals surface area contributed by atoms with Crippen LogP contribution < -0.4 is 0 Å². The lowest BCUT2D eigenvalue weighted by atomic mass is 9.67. The van der Waals surface area contributed by atoms with E-state index in [1.54, 1.807) is 0 Å². The molecule has 0 amide bonds. The van der Waals surface area contributed by atoms with Crippen LogP contribution in [-0.4, -0.2) is 11.7 Å². The molecule has 1 rings (SSSR count). The number of aliphatic hydroxyl groups is 1. The third kappa shape index (κ3) is 2.48. The van der Waals surface area contributed by atoms with Gasteiger partial charge in [-0.25, -0.2) is 0 Å². The molecule has 0 aromatic rings. The van der Waals surface area contributed by atoms with Gasteiger partial charge in [-0.2, -0.15) is 0 Å². The summed E-state index contributed by atoms with van der Waals surface area (Å²) in [6.07, 6.45) is 7.79. The molecule has 0 spiro atoms. The predicted molar refractivity (Wildman–Crippen MR) is 52.1 cm³/mol. The van der Waals surface area contributed by atoms with Crippen molar-refractivity contribution in [2.75, 3.05) is 6.61 Å². The summed E-state index contributed by atoms with van der Waals surface area (Å²) < 4.78 is 0. The third-order valence-electron chi connectivity index (χ3n) is 3.44. The van der Waals surface area contributed by atoms with E-state index in [1.807, 2.05) is 0 Å². The van der Waals surface area contributed by atoms with Crippen molar-refractivity contribution in [3.05, 3.63) is 0 Å². The molecule has 0 bridgehead atoms. The Morgan fingerprint density at radius 2 is 2.08 bits per heavy atom. The van der Waals surface area contributed by atoms with Gasteiger partial charge in [-0.3, -0.25) is 0 Å². The summed E-state index contributed by atoms with van der Waals surface area (Å²) >= 11 is 0. The number of rotatable bonds is 3. The highest BCUT2D eigenvalue weighted by Crippen LogP contribution is 2.42. The number of hydrogen-bond acceptors (Lipinski definition) is 1. The largest absolute Gasteiger partial charge is 0.396 e. The molecule has 0 saturated heterocycles. The van der Waals surface area contributed by atoms with E-state index in [2.05, 4.69) is 13.8 Å². The molecule has 0 radical (unpaired) electrons. The van der Waals surface area contributed by atoms with E-state index >= 15 is 0 Å². The molecule has 12 heavy (non-hydrogen) atoms. The molecular weight excluding hydrogens is 148 g/mol. The molecule has 0 aromatic heterocycles. The first kappa shape index (κ1) is 10.0. The molecule has 1 aliphatic carbocycles. The molecular formula is C11H22O. The van der Waals surface area contributed by atoms with Crippen molar-refractivity contribution in [2.45, 2.75) is 52.4 Å². The Labute approximate surface area is 76.2 Å². The average molecular weight is 170 g/mol. The maximum atomic E-state index is 8.77. The topological polar surface area (TPSA) is 20.2 Å². The van der Waals surface area contributed by atoms with Gasteiger partial charge in [-0.05, 0) is 37.0 Å². The second kappa shape index (κ2) is 4.27. The van der Waals surface area contributed by atoms with Gasteiger partial charge in [0.1, 0.15) is 0 Å². The maximum absolute atomic E-state index is 8.77. The zero-order valence-electron chi connectivity index (χ0n) is 8.47. The first-order chi connectivity index (χ1) is 5.67. The third-order valence-corrected chi connectivity index (χ3v) is 3.44. The van der Waals surface area contributed by atoms with E-state index in [4.69, 9.17) is 5.11 Å². The quantitative estimate of drug-likeness (QED) is 0.690. The Kier molecular flexibility index (Phi) is 3.57. The average Bonchev–Trinajstić information content (AvgIpc) is 2.02. The van der Waals surface area contributed by atoms with Crippen LogP contribution in [0.25, 0.3) is 0 Å². The van der Waals surface area contributed by atoms with Gasteiger partial charge in [-0.1, -0.05) is 26.7 Å². The molecule has 1 nitrogen and oxygen atoms in total. The highest BCUT2D eigenvalue weighted by atomic mass is 16.2. The van der Waals surface area contributed by atoms with Gasteiger partial charge < -0.3 is 5.11 Å². The van der Waals surface area contributed by atoms with Crippen LogP contribution in [0.5, 0.6) is 0 Å². The maximum Gasteiger partial charge on any atom is 0.0431 e. The second-order valence-corrected chi connectivity index (χ2v) is 4.80. The highest BCUT2D eigenvalue weighted by molar-refractivity contribution is 4.82. The van der Waals surface area contributed by atoms with E-state index in [0.717, 1.165) is 12.3 Å². The van der Waals surface area contributed by atoms with Crippen molar-refractivity contribution in [1.29, 1.82) is 0 Å². The predicted octanol–water partition coefficient (Wildman–Crippen LogP) is 2.98. The summed E-state index contributed by atoms with van der Waals surface area (Å²) in [6.45, 7) is 5.13. The monoisotopic (exact) mass is 170 g/mol. The first-order valence-corrected chi connectivity index (χ1v) is 5.27. The molecule has 0 aliphatic heterocycles. The summed E-state index contributed by atoms with van der Waals surface area (Å²) in [5, 5.41) is 8.77. The van der Waals surface area contributed by atoms with Crippen molar-refractivity contribution >= 4 is 0 Å². The van der Waals surface area contributed by atoms with Crippen molar-refractivity contribution in [3.63, 3.8) is 0 Å². The smallest absolute Gasteiger partial charge is 0.0431 e. The van der Waals surface area contributed by atoms with Crippen LogP contribution in [0.1, 0.15) is 52.4 Å². The molecule has 1 aliphatic rings. The number of hydrogen-bond donors (Lipinski definition) is 1. The van der Waals surface area contributed by atoms with Crippen LogP contribution in [0, 0.1) is 11.3 Å². The van der Waals surface area contributed by atoms with Gasteiger partial charge in [-0.15, -0.1) is 0 Å². The van der Waals surface area contributed by atoms with Crippen LogP contribution in [-0.2, 0) is 0 Å². The molecule has 0 aromatic carbocycles. The minimum absolute atomic E-state index is 0.368. The molecule has 72 valence electrons. The van der Waals surface area contributed by atoms with E-state index in [9.17, 15) is 0 Å². The lowest BCUT2D eigenvalue weighted by molar-refractivity contribution is 0.119. The van der Waals surface area contributed by atoms with Crippen molar-refractivity contribution < 1.29 is 5.11 Å². The SMILES string of the molecule is CC1(C)CCCC[C@@H]1CCCO. The molecule has 0 unspecified atom stereocenters.